The number of amides is 7. The van der Waals surface area contributed by atoms with Crippen LogP contribution in [0.2, 0.25) is 0 Å². The molecule has 0 spiro atoms. The van der Waals surface area contributed by atoms with Crippen molar-refractivity contribution >= 4 is 123 Å². The van der Waals surface area contributed by atoms with Crippen LogP contribution in [0, 0.1) is 11.8 Å². The minimum absolute atomic E-state index is 0.0467. The van der Waals surface area contributed by atoms with Crippen LogP contribution < -0.4 is 39.6 Å². The van der Waals surface area contributed by atoms with E-state index < -0.39 is 47.0 Å². The first-order chi connectivity index (χ1) is 42.9. The van der Waals surface area contributed by atoms with E-state index in [0.29, 0.717) is 75.5 Å². The van der Waals surface area contributed by atoms with Gasteiger partial charge in [0, 0.05) is 85.9 Å². The number of fused-ring (bicyclic) bond motifs is 5. The van der Waals surface area contributed by atoms with Crippen LogP contribution in [0.5, 0.6) is 28.7 Å². The summed E-state index contributed by atoms with van der Waals surface area (Å²) in [6, 6.07) is 20.1. The van der Waals surface area contributed by atoms with Gasteiger partial charge in [-0.2, -0.15) is 11.8 Å². The topological polar surface area (TPSA) is 262 Å². The SMILES string of the molecule is COc1ccc(C2=CN3C(=O)c4cc(OC)c(OCCCOc5cc6c(cc5OC)C(=O)N5C=C(c7ccc(NC(=O)[C@H](C)CC(=O)[C@@H](NC(=O)COC(CNC(=O)CSC)CN8C(=O)C9SCSC9C8=O)C(C)C)cc7)C[C@H]5C=N6)cc4N=C[C@@H]3C2)cc1. The second kappa shape index (κ2) is 28.6. The number of thioether (sulfide) groups is 3. The van der Waals surface area contributed by atoms with Crippen molar-refractivity contribution in [2.24, 2.45) is 21.8 Å². The first kappa shape index (κ1) is 63.9. The molecule has 89 heavy (non-hydrogen) atoms. The minimum atomic E-state index is -0.947. The zero-order chi connectivity index (χ0) is 63.0. The van der Waals surface area contributed by atoms with Crippen molar-refractivity contribution in [3.05, 3.63) is 107 Å². The fourth-order valence-corrected chi connectivity index (χ4v) is 14.5. The van der Waals surface area contributed by atoms with Gasteiger partial charge in [-0.15, -0.1) is 23.5 Å². The number of imide groups is 1. The molecule has 4 aromatic carbocycles. The number of ether oxygens (including phenoxy) is 6. The van der Waals surface area contributed by atoms with E-state index in [-0.39, 0.29) is 91.8 Å². The second-order valence-electron chi connectivity index (χ2n) is 22.3. The lowest BCUT2D eigenvalue weighted by Crippen LogP contribution is -2.49. The predicted molar refractivity (Wildman–Crippen MR) is 342 cm³/mol. The van der Waals surface area contributed by atoms with Gasteiger partial charge >= 0.3 is 0 Å². The highest BCUT2D eigenvalue weighted by molar-refractivity contribution is 8.20. The molecule has 7 amide bonds. The third kappa shape index (κ3) is 14.5. The summed E-state index contributed by atoms with van der Waals surface area (Å²) in [7, 11) is 4.64. The summed E-state index contributed by atoms with van der Waals surface area (Å²) in [5.74, 6) is -1.31. The molecule has 6 aliphatic heterocycles. The number of nitrogens with zero attached hydrogens (tertiary/aromatic N) is 5. The number of carbonyl (C=O) groups is 8. The van der Waals surface area contributed by atoms with Gasteiger partial charge in [-0.25, -0.2) is 0 Å². The lowest BCUT2D eigenvalue weighted by molar-refractivity contribution is -0.141. The largest absolute Gasteiger partial charge is 0.497 e. The Morgan fingerprint density at radius 1 is 0.697 bits per heavy atom. The zero-order valence-corrected chi connectivity index (χ0v) is 52.8. The molecule has 25 heteroatoms. The monoisotopic (exact) mass is 1270 g/mol. The summed E-state index contributed by atoms with van der Waals surface area (Å²) < 4.78 is 34.9. The fraction of sp³-hybridized carbons (Fsp3) is 0.406. The van der Waals surface area contributed by atoms with Crippen LogP contribution in [0.4, 0.5) is 17.1 Å². The number of anilines is 1. The average Bonchev–Trinajstić information content (AvgIpc) is 1.81. The Morgan fingerprint density at radius 2 is 1.24 bits per heavy atom. The summed E-state index contributed by atoms with van der Waals surface area (Å²) in [6.07, 6.45) is 9.49. The van der Waals surface area contributed by atoms with Crippen LogP contribution >= 0.6 is 35.3 Å². The first-order valence-corrected chi connectivity index (χ1v) is 32.6. The molecule has 0 aliphatic carbocycles. The number of hydrogen-bond donors (Lipinski definition) is 3. The first-order valence-electron chi connectivity index (χ1n) is 29.1. The smallest absolute Gasteiger partial charge is 0.260 e. The molecule has 0 aromatic heterocycles. The number of methoxy groups -OCH3 is 3. The van der Waals surface area contributed by atoms with Gasteiger partial charge in [-0.1, -0.05) is 45.0 Å². The molecule has 6 heterocycles. The van der Waals surface area contributed by atoms with Gasteiger partial charge in [0.1, 0.15) is 22.9 Å². The lowest BCUT2D eigenvalue weighted by atomic mass is 9.92. The van der Waals surface area contributed by atoms with Gasteiger partial charge in [0.15, 0.2) is 28.8 Å². The van der Waals surface area contributed by atoms with Crippen LogP contribution in [-0.4, -0.2) is 180 Å². The quantitative estimate of drug-likeness (QED) is 0.0384. The second-order valence-corrected chi connectivity index (χ2v) is 25.8. The van der Waals surface area contributed by atoms with Crippen LogP contribution in [0.3, 0.4) is 0 Å². The van der Waals surface area contributed by atoms with E-state index in [9.17, 15) is 38.4 Å². The third-order valence-corrected chi connectivity index (χ3v) is 19.4. The highest BCUT2D eigenvalue weighted by Gasteiger charge is 2.52. The Morgan fingerprint density at radius 3 is 1.74 bits per heavy atom. The number of hydrogen-bond acceptors (Lipinski definition) is 19. The summed E-state index contributed by atoms with van der Waals surface area (Å²) >= 11 is 4.16. The Kier molecular flexibility index (Phi) is 20.5. The van der Waals surface area contributed by atoms with Crippen LogP contribution in [0.15, 0.2) is 95.2 Å². The molecule has 7 atom stereocenters. The number of carbonyl (C=O) groups excluding carboxylic acids is 8. The maximum atomic E-state index is 14.2. The number of aliphatic imine (C=N–C) groups is 2. The van der Waals surface area contributed by atoms with E-state index in [2.05, 4.69) is 16.0 Å². The summed E-state index contributed by atoms with van der Waals surface area (Å²) in [4.78, 5) is 121. The molecule has 0 saturated carbocycles. The molecule has 0 bridgehead atoms. The Bertz CT molecular complexity index is 3520. The molecule has 3 N–H and O–H groups in total. The maximum absolute atomic E-state index is 14.2. The van der Waals surface area contributed by atoms with Crippen LogP contribution in [0.25, 0.3) is 11.1 Å². The molecule has 3 unspecified atom stereocenters. The standard InChI is InChI=1S/C64H70N8O14S3/c1-35(2)57(69-55(74)32-86-45(28-67-56(75)33-87-7)31-72-63(79)58-59(64(72)80)89-34-88-58)50(73)19-36(3)60(76)68-41-13-9-37(10-14-41)39-20-42-26-65-48-24-53(51(82-5)22-46(48)61(77)70(42)29-39)84-17-8-18-85-54-25-49-47(23-52(54)83-6)62(78)71-30-40(21-43(71)27-66-49)38-11-15-44(81-4)16-12-38/h9-16,22-27,29-30,35-36,42-43,45,57-59H,8,17-21,28,31-34H2,1-7H3,(H,67,75)(H,68,76)(H,69,74)/t36-,42+,43+,45?,57+,58?,59?/m1/s1. The van der Waals surface area contributed by atoms with Crippen molar-refractivity contribution in [2.45, 2.75) is 81.2 Å². The molecular weight excluding hydrogens is 1200 g/mol. The van der Waals surface area contributed by atoms with Gasteiger partial charge in [0.05, 0.1) is 93.6 Å². The zero-order valence-electron chi connectivity index (χ0n) is 50.3. The van der Waals surface area contributed by atoms with E-state index in [1.54, 1.807) is 99.0 Å². The number of rotatable bonds is 27. The van der Waals surface area contributed by atoms with E-state index >= 15 is 0 Å². The van der Waals surface area contributed by atoms with Gasteiger partial charge < -0.3 is 54.2 Å². The van der Waals surface area contributed by atoms with Gasteiger partial charge in [-0.3, -0.25) is 53.2 Å². The van der Waals surface area contributed by atoms with Crippen molar-refractivity contribution in [3.8, 4) is 28.7 Å². The number of likely N-dealkylation sites (tertiary alicyclic amines) is 1. The van der Waals surface area contributed by atoms with E-state index in [4.69, 9.17) is 38.4 Å². The van der Waals surface area contributed by atoms with Gasteiger partial charge in [-0.05, 0) is 70.8 Å². The number of benzene rings is 4. The molecule has 2 saturated heterocycles. The molecule has 10 rings (SSSR count). The minimum Gasteiger partial charge on any atom is -0.497 e. The van der Waals surface area contributed by atoms with Crippen molar-refractivity contribution in [3.63, 3.8) is 0 Å². The summed E-state index contributed by atoms with van der Waals surface area (Å²) in [6.45, 7) is 4.96. The fourth-order valence-electron chi connectivity index (χ4n) is 11.1. The molecule has 6 aliphatic rings. The normalized spacial score (nSPS) is 19.8. The molecule has 22 nitrogen and oxygen atoms in total. The average molecular weight is 1270 g/mol. The van der Waals surface area contributed by atoms with E-state index in [1.165, 1.54) is 49.5 Å². The predicted octanol–water partition coefficient (Wildman–Crippen LogP) is 7.59. The van der Waals surface area contributed by atoms with E-state index in [1.807, 2.05) is 42.6 Å². The van der Waals surface area contributed by atoms with Crippen molar-refractivity contribution in [1.29, 1.82) is 0 Å². The third-order valence-electron chi connectivity index (χ3n) is 15.9. The molecule has 2 fully saturated rings. The van der Waals surface area contributed by atoms with Gasteiger partial charge in [0.2, 0.25) is 29.5 Å². The molecule has 0 radical (unpaired) electrons. The highest BCUT2D eigenvalue weighted by atomic mass is 32.2. The summed E-state index contributed by atoms with van der Waals surface area (Å²) in [5, 5.41) is 8.07. The Hall–Kier alpha value is -8.13. The molecule has 468 valence electrons. The highest BCUT2D eigenvalue weighted by Crippen LogP contribution is 2.44. The lowest BCUT2D eigenvalue weighted by Gasteiger charge is -2.25. The Balaban J connectivity index is 0.689. The van der Waals surface area contributed by atoms with E-state index in [0.717, 1.165) is 32.9 Å². The van der Waals surface area contributed by atoms with Crippen molar-refractivity contribution < 1.29 is 66.8 Å². The van der Waals surface area contributed by atoms with Crippen LogP contribution in [0.1, 0.15) is 78.3 Å². The number of Topliss-reactive ketones (excluding diaryl/α,β-unsaturated/α-hetero) is 1. The Labute approximate surface area is 528 Å². The maximum Gasteiger partial charge on any atom is 0.260 e. The number of nitrogens with one attached hydrogen (secondary N) is 3. The summed E-state index contributed by atoms with van der Waals surface area (Å²) in [5.41, 5.74) is 5.88. The van der Waals surface area contributed by atoms with Crippen molar-refractivity contribution in [1.82, 2.24) is 25.3 Å². The van der Waals surface area contributed by atoms with Gasteiger partial charge in [0.25, 0.3) is 11.8 Å². The molecular formula is C64H70N8O14S3. The number of ketones is 1. The van der Waals surface area contributed by atoms with Crippen LogP contribution in [-0.2, 0) is 33.5 Å². The van der Waals surface area contributed by atoms with Crippen molar-refractivity contribution in [2.75, 3.05) is 76.6 Å². The molecule has 4 aromatic rings.